The summed E-state index contributed by atoms with van der Waals surface area (Å²) in [6, 6.07) is 6.05. The van der Waals surface area contributed by atoms with Gasteiger partial charge in [0.05, 0.1) is 17.3 Å². The molecule has 1 amide bonds. The van der Waals surface area contributed by atoms with Crippen molar-refractivity contribution in [1.29, 1.82) is 0 Å². The molecule has 0 radical (unpaired) electrons. The zero-order valence-corrected chi connectivity index (χ0v) is 13.5. The number of halogens is 1. The van der Waals surface area contributed by atoms with Gasteiger partial charge in [-0.25, -0.2) is 4.52 Å². The molecule has 2 aromatic rings. The molecule has 0 bridgehead atoms. The first-order valence-electron chi connectivity index (χ1n) is 7.02. The third-order valence-electron chi connectivity index (χ3n) is 3.63. The topological polar surface area (TPSA) is 37.6 Å². The highest BCUT2D eigenvalue weighted by Gasteiger charge is 2.24. The third kappa shape index (κ3) is 2.87. The first kappa shape index (κ1) is 15.0. The first-order valence-corrected chi connectivity index (χ1v) is 8.14. The number of aromatic nitrogens is 2. The van der Waals surface area contributed by atoms with Crippen LogP contribution in [0.3, 0.4) is 0 Å². The second-order valence-corrected chi connectivity index (χ2v) is 5.54. The van der Waals surface area contributed by atoms with Gasteiger partial charge in [-0.2, -0.15) is 5.10 Å². The smallest absolute Gasteiger partial charge is 0.257 e. The summed E-state index contributed by atoms with van der Waals surface area (Å²) in [5.74, 6) is 0.0688. The molecule has 2 heterocycles. The highest BCUT2D eigenvalue weighted by molar-refractivity contribution is 9.09. The molecule has 2 aromatic heterocycles. The van der Waals surface area contributed by atoms with E-state index in [4.69, 9.17) is 0 Å². The fraction of sp³-hybridized carbons (Fsp3) is 0.467. The quantitative estimate of drug-likeness (QED) is 0.758. The lowest BCUT2D eigenvalue weighted by Crippen LogP contribution is -2.41. The van der Waals surface area contributed by atoms with E-state index in [1.54, 1.807) is 10.7 Å². The first-order chi connectivity index (χ1) is 9.72. The van der Waals surface area contributed by atoms with Crippen LogP contribution in [-0.4, -0.2) is 38.3 Å². The molecule has 0 aliphatic rings. The molecule has 0 saturated heterocycles. The number of pyridine rings is 1. The lowest BCUT2D eigenvalue weighted by Gasteiger charge is -2.29. The van der Waals surface area contributed by atoms with Crippen LogP contribution in [0.2, 0.25) is 0 Å². The summed E-state index contributed by atoms with van der Waals surface area (Å²) in [4.78, 5) is 14.8. The van der Waals surface area contributed by atoms with Crippen molar-refractivity contribution in [2.45, 2.75) is 32.7 Å². The monoisotopic (exact) mass is 337 g/mol. The Morgan fingerprint density at radius 2 is 2.15 bits per heavy atom. The van der Waals surface area contributed by atoms with Gasteiger partial charge < -0.3 is 4.90 Å². The van der Waals surface area contributed by atoms with E-state index in [2.05, 4.69) is 34.9 Å². The maximum absolute atomic E-state index is 12.8. The van der Waals surface area contributed by atoms with Gasteiger partial charge in [0.1, 0.15) is 0 Å². The number of hydrogen-bond acceptors (Lipinski definition) is 2. The van der Waals surface area contributed by atoms with Crippen LogP contribution < -0.4 is 0 Å². The Labute approximate surface area is 127 Å². The molecule has 0 N–H and O–H groups in total. The zero-order chi connectivity index (χ0) is 14.5. The Hall–Kier alpha value is -1.36. The van der Waals surface area contributed by atoms with Crippen LogP contribution in [0.15, 0.2) is 30.6 Å². The number of carbonyl (C=O) groups is 1. The molecule has 0 aromatic carbocycles. The number of nitrogens with zero attached hydrogens (tertiary/aromatic N) is 3. The fourth-order valence-electron chi connectivity index (χ4n) is 2.52. The molecule has 0 fully saturated rings. The van der Waals surface area contributed by atoms with Gasteiger partial charge in [0.2, 0.25) is 0 Å². The summed E-state index contributed by atoms with van der Waals surface area (Å²) in [6.45, 7) is 4.97. The molecule has 0 atom stereocenters. The minimum absolute atomic E-state index is 0.0688. The van der Waals surface area contributed by atoms with Crippen molar-refractivity contribution in [2.24, 2.45) is 0 Å². The molecule has 0 unspecified atom stereocenters. The maximum Gasteiger partial charge on any atom is 0.257 e. The van der Waals surface area contributed by atoms with Gasteiger partial charge in [-0.15, -0.1) is 0 Å². The molecular formula is C15H20BrN3O. The minimum Gasteiger partial charge on any atom is -0.335 e. The van der Waals surface area contributed by atoms with Gasteiger partial charge in [0.25, 0.3) is 5.91 Å². The van der Waals surface area contributed by atoms with Crippen molar-refractivity contribution >= 4 is 27.4 Å². The van der Waals surface area contributed by atoms with Crippen molar-refractivity contribution in [3.63, 3.8) is 0 Å². The van der Waals surface area contributed by atoms with Crippen molar-refractivity contribution in [3.05, 3.63) is 36.2 Å². The zero-order valence-electron chi connectivity index (χ0n) is 11.9. The average Bonchev–Trinajstić information content (AvgIpc) is 2.91. The highest BCUT2D eigenvalue weighted by Crippen LogP contribution is 2.17. The van der Waals surface area contributed by atoms with Crippen molar-refractivity contribution in [3.8, 4) is 0 Å². The molecule has 5 heteroatoms. The normalized spacial score (nSPS) is 11.2. The summed E-state index contributed by atoms with van der Waals surface area (Å²) in [5.41, 5.74) is 1.54. The molecule has 4 nitrogen and oxygen atoms in total. The largest absolute Gasteiger partial charge is 0.335 e. The van der Waals surface area contributed by atoms with E-state index >= 15 is 0 Å². The lowest BCUT2D eigenvalue weighted by atomic mass is 10.1. The van der Waals surface area contributed by atoms with Gasteiger partial charge in [0.15, 0.2) is 0 Å². The Balaban J connectivity index is 2.36. The predicted octanol–water partition coefficient (Wildman–Crippen LogP) is 3.36. The van der Waals surface area contributed by atoms with Crippen LogP contribution in [0.5, 0.6) is 0 Å². The van der Waals surface area contributed by atoms with E-state index in [0.717, 1.165) is 30.2 Å². The van der Waals surface area contributed by atoms with Gasteiger partial charge in [-0.05, 0) is 25.0 Å². The Morgan fingerprint density at radius 1 is 1.40 bits per heavy atom. The standard InChI is InChI=1S/C15H20BrN3O/c1-3-12(4-2)18(10-8-16)15(20)13-11-17-19-9-6-5-7-14(13)19/h5-7,9,11-12H,3-4,8,10H2,1-2H3. The van der Waals surface area contributed by atoms with Crippen molar-refractivity contribution < 1.29 is 4.79 Å². The van der Waals surface area contributed by atoms with Crippen LogP contribution in [0.4, 0.5) is 0 Å². The second-order valence-electron chi connectivity index (χ2n) is 4.75. The number of hydrogen-bond donors (Lipinski definition) is 0. The van der Waals surface area contributed by atoms with Crippen LogP contribution in [0, 0.1) is 0 Å². The second kappa shape index (κ2) is 6.88. The van der Waals surface area contributed by atoms with E-state index in [1.165, 1.54) is 0 Å². The molecule has 0 saturated carbocycles. The average molecular weight is 338 g/mol. The SMILES string of the molecule is CCC(CC)N(CCBr)C(=O)c1cnn2ccccc12. The lowest BCUT2D eigenvalue weighted by molar-refractivity contribution is 0.0685. The van der Waals surface area contributed by atoms with Crippen LogP contribution in [0.25, 0.3) is 5.52 Å². The minimum atomic E-state index is 0.0688. The number of alkyl halides is 1. The predicted molar refractivity (Wildman–Crippen MR) is 84.4 cm³/mol. The molecule has 20 heavy (non-hydrogen) atoms. The Morgan fingerprint density at radius 3 is 2.80 bits per heavy atom. The summed E-state index contributed by atoms with van der Waals surface area (Å²) in [6.07, 6.45) is 5.46. The summed E-state index contributed by atoms with van der Waals surface area (Å²) in [5, 5.41) is 5.04. The Bertz CT molecular complexity index is 577. The molecule has 2 rings (SSSR count). The van der Waals surface area contributed by atoms with Crippen LogP contribution in [0.1, 0.15) is 37.0 Å². The molecule has 0 aliphatic carbocycles. The van der Waals surface area contributed by atoms with Gasteiger partial charge >= 0.3 is 0 Å². The van der Waals surface area contributed by atoms with Crippen LogP contribution in [-0.2, 0) is 0 Å². The number of carbonyl (C=O) groups excluding carboxylic acids is 1. The summed E-state index contributed by atoms with van der Waals surface area (Å²) >= 11 is 3.44. The Kier molecular flexibility index (Phi) is 5.17. The number of fused-ring (bicyclic) bond motifs is 1. The van der Waals surface area contributed by atoms with Crippen LogP contribution >= 0.6 is 15.9 Å². The maximum atomic E-state index is 12.8. The molecule has 108 valence electrons. The summed E-state index contributed by atoms with van der Waals surface area (Å²) in [7, 11) is 0. The van der Waals surface area contributed by atoms with Crippen molar-refractivity contribution in [2.75, 3.05) is 11.9 Å². The van der Waals surface area contributed by atoms with Crippen molar-refractivity contribution in [1.82, 2.24) is 14.5 Å². The summed E-state index contributed by atoms with van der Waals surface area (Å²) < 4.78 is 1.74. The van der Waals surface area contributed by atoms with E-state index in [9.17, 15) is 4.79 Å². The number of amides is 1. The number of rotatable bonds is 6. The van der Waals surface area contributed by atoms with E-state index in [1.807, 2.05) is 29.3 Å². The van der Waals surface area contributed by atoms with E-state index < -0.39 is 0 Å². The van der Waals surface area contributed by atoms with Gasteiger partial charge in [-0.1, -0.05) is 35.8 Å². The van der Waals surface area contributed by atoms with E-state index in [0.29, 0.717) is 5.56 Å². The third-order valence-corrected chi connectivity index (χ3v) is 3.98. The fourth-order valence-corrected chi connectivity index (χ4v) is 2.91. The molecule has 0 spiro atoms. The van der Waals surface area contributed by atoms with Gasteiger partial charge in [0, 0.05) is 24.1 Å². The molecular weight excluding hydrogens is 318 g/mol. The van der Waals surface area contributed by atoms with Gasteiger partial charge in [-0.3, -0.25) is 4.79 Å². The van der Waals surface area contributed by atoms with E-state index in [-0.39, 0.29) is 11.9 Å². The molecule has 0 aliphatic heterocycles. The highest BCUT2D eigenvalue weighted by atomic mass is 79.9.